The highest BCUT2D eigenvalue weighted by Gasteiger charge is 2.31. The SMILES string of the molecule is CNC1CC(n2cc(C#N)c3ccc(N4CCN(c5ccc(C(=O)N6CCC6)cc5)CC4)nc32)C1. The number of nitrogens with one attached hydrogen (secondary N) is 1. The van der Waals surface area contributed by atoms with Gasteiger partial charge in [-0.25, -0.2) is 4.98 Å². The number of piperazine rings is 1. The summed E-state index contributed by atoms with van der Waals surface area (Å²) in [5.41, 5.74) is 3.55. The summed E-state index contributed by atoms with van der Waals surface area (Å²) in [5.74, 6) is 1.11. The normalized spacial score (nSPS) is 22.0. The van der Waals surface area contributed by atoms with Crippen molar-refractivity contribution in [2.45, 2.75) is 31.3 Å². The van der Waals surface area contributed by atoms with E-state index in [1.165, 1.54) is 0 Å². The number of hydrogen-bond donors (Lipinski definition) is 1. The number of amides is 1. The van der Waals surface area contributed by atoms with E-state index in [-0.39, 0.29) is 5.91 Å². The van der Waals surface area contributed by atoms with Gasteiger partial charge in [0.2, 0.25) is 0 Å². The number of aromatic nitrogens is 2. The van der Waals surface area contributed by atoms with Crippen molar-refractivity contribution in [2.24, 2.45) is 0 Å². The van der Waals surface area contributed by atoms with Gasteiger partial charge in [0.1, 0.15) is 17.5 Å². The zero-order valence-corrected chi connectivity index (χ0v) is 20.2. The molecule has 6 rings (SSSR count). The molecule has 1 aliphatic carbocycles. The van der Waals surface area contributed by atoms with E-state index in [1.807, 2.05) is 30.3 Å². The number of nitrogens with zero attached hydrogens (tertiary/aromatic N) is 6. The fraction of sp³-hybridized carbons (Fsp3) is 0.444. The van der Waals surface area contributed by atoms with Gasteiger partial charge in [-0.15, -0.1) is 0 Å². The van der Waals surface area contributed by atoms with Crippen molar-refractivity contribution < 1.29 is 4.79 Å². The summed E-state index contributed by atoms with van der Waals surface area (Å²) in [6, 6.07) is 15.4. The summed E-state index contributed by atoms with van der Waals surface area (Å²) >= 11 is 0. The van der Waals surface area contributed by atoms with Crippen LogP contribution in [0.25, 0.3) is 11.0 Å². The fourth-order valence-electron chi connectivity index (χ4n) is 5.42. The van der Waals surface area contributed by atoms with Crippen LogP contribution in [0.1, 0.15) is 41.2 Å². The average molecular weight is 470 g/mol. The molecule has 3 aromatic rings. The summed E-state index contributed by atoms with van der Waals surface area (Å²) < 4.78 is 2.21. The maximum atomic E-state index is 12.4. The molecule has 8 nitrogen and oxygen atoms in total. The van der Waals surface area contributed by atoms with Gasteiger partial charge in [0.05, 0.1) is 5.56 Å². The van der Waals surface area contributed by atoms with Gasteiger partial charge in [0.25, 0.3) is 5.91 Å². The number of hydrogen-bond acceptors (Lipinski definition) is 6. The predicted octanol–water partition coefficient (Wildman–Crippen LogP) is 3.00. The van der Waals surface area contributed by atoms with Crippen molar-refractivity contribution in [3.05, 3.63) is 53.7 Å². The van der Waals surface area contributed by atoms with Crippen LogP contribution in [0.15, 0.2) is 42.6 Å². The molecule has 180 valence electrons. The van der Waals surface area contributed by atoms with Crippen molar-refractivity contribution >= 4 is 28.4 Å². The van der Waals surface area contributed by atoms with E-state index < -0.39 is 0 Å². The minimum absolute atomic E-state index is 0.141. The first-order valence-electron chi connectivity index (χ1n) is 12.6. The number of carbonyl (C=O) groups excluding carboxylic acids is 1. The minimum Gasteiger partial charge on any atom is -0.368 e. The topological polar surface area (TPSA) is 80.4 Å². The first kappa shape index (κ1) is 21.9. The zero-order chi connectivity index (χ0) is 23.9. The van der Waals surface area contributed by atoms with Crippen LogP contribution in [0, 0.1) is 11.3 Å². The molecule has 2 aromatic heterocycles. The Morgan fingerprint density at radius 3 is 2.34 bits per heavy atom. The third-order valence-corrected chi connectivity index (χ3v) is 7.92. The van der Waals surface area contributed by atoms with Crippen LogP contribution in [0.3, 0.4) is 0 Å². The molecule has 1 N–H and O–H groups in total. The van der Waals surface area contributed by atoms with Gasteiger partial charge in [-0.05, 0) is 62.7 Å². The monoisotopic (exact) mass is 469 g/mol. The smallest absolute Gasteiger partial charge is 0.253 e. The van der Waals surface area contributed by atoms with E-state index in [4.69, 9.17) is 4.98 Å². The van der Waals surface area contributed by atoms with E-state index in [2.05, 4.69) is 50.0 Å². The molecule has 1 amide bonds. The van der Waals surface area contributed by atoms with E-state index in [0.29, 0.717) is 17.6 Å². The van der Waals surface area contributed by atoms with Crippen molar-refractivity contribution in [2.75, 3.05) is 56.1 Å². The summed E-state index contributed by atoms with van der Waals surface area (Å²) in [6.07, 6.45) is 5.22. The summed E-state index contributed by atoms with van der Waals surface area (Å²) in [5, 5.41) is 13.9. The number of carbonyl (C=O) groups is 1. The van der Waals surface area contributed by atoms with Crippen LogP contribution in [0.5, 0.6) is 0 Å². The first-order valence-corrected chi connectivity index (χ1v) is 12.6. The Morgan fingerprint density at radius 2 is 1.71 bits per heavy atom. The molecule has 2 aliphatic heterocycles. The minimum atomic E-state index is 0.141. The maximum absolute atomic E-state index is 12.4. The Hall–Kier alpha value is -3.57. The Bertz CT molecular complexity index is 1270. The van der Waals surface area contributed by atoms with Gasteiger partial charge in [-0.1, -0.05) is 0 Å². The van der Waals surface area contributed by atoms with Crippen LogP contribution >= 0.6 is 0 Å². The van der Waals surface area contributed by atoms with Crippen LogP contribution in [0.2, 0.25) is 0 Å². The molecule has 3 aliphatic rings. The standard InChI is InChI=1S/C27H31N7O/c1-29-21-15-23(16-21)34-18-20(17-28)24-7-8-25(30-26(24)34)32-13-11-31(12-14-32)22-5-3-19(4-6-22)27(35)33-9-2-10-33/h3-8,18,21,23,29H,2,9-16H2,1H3. The summed E-state index contributed by atoms with van der Waals surface area (Å²) in [6.45, 7) is 5.31. The maximum Gasteiger partial charge on any atom is 0.253 e. The van der Waals surface area contributed by atoms with Crippen molar-refractivity contribution in [1.29, 1.82) is 5.26 Å². The highest BCUT2D eigenvalue weighted by molar-refractivity contribution is 5.95. The number of benzene rings is 1. The molecule has 35 heavy (non-hydrogen) atoms. The van der Waals surface area contributed by atoms with Crippen molar-refractivity contribution in [3.63, 3.8) is 0 Å². The highest BCUT2D eigenvalue weighted by Crippen LogP contribution is 2.36. The van der Waals surface area contributed by atoms with Gasteiger partial charge >= 0.3 is 0 Å². The lowest BCUT2D eigenvalue weighted by Gasteiger charge is -2.37. The number of nitriles is 1. The molecule has 4 heterocycles. The Labute approximate surface area is 205 Å². The first-order chi connectivity index (χ1) is 17.1. The summed E-state index contributed by atoms with van der Waals surface area (Å²) in [4.78, 5) is 24.1. The lowest BCUT2D eigenvalue weighted by Crippen LogP contribution is -2.47. The number of likely N-dealkylation sites (tertiary alicyclic amines) is 1. The molecule has 0 bridgehead atoms. The molecular formula is C27H31N7O. The highest BCUT2D eigenvalue weighted by atomic mass is 16.2. The average Bonchev–Trinajstić information content (AvgIpc) is 3.20. The molecule has 1 saturated carbocycles. The molecule has 0 atom stereocenters. The molecule has 2 saturated heterocycles. The lowest BCUT2D eigenvalue weighted by atomic mass is 9.87. The van der Waals surface area contributed by atoms with Gasteiger partial charge in [0.15, 0.2) is 0 Å². The second-order valence-electron chi connectivity index (χ2n) is 9.88. The van der Waals surface area contributed by atoms with Crippen molar-refractivity contribution in [1.82, 2.24) is 19.8 Å². The van der Waals surface area contributed by atoms with Gasteiger partial charge < -0.3 is 24.6 Å². The predicted molar refractivity (Wildman–Crippen MR) is 137 cm³/mol. The third-order valence-electron chi connectivity index (χ3n) is 7.92. The summed E-state index contributed by atoms with van der Waals surface area (Å²) in [7, 11) is 2.01. The molecular weight excluding hydrogens is 438 g/mol. The van der Waals surface area contributed by atoms with Crippen LogP contribution < -0.4 is 15.1 Å². The molecule has 0 radical (unpaired) electrons. The number of rotatable bonds is 5. The molecule has 0 unspecified atom stereocenters. The number of pyridine rings is 1. The van der Waals surface area contributed by atoms with E-state index in [0.717, 1.165) is 86.6 Å². The Morgan fingerprint density at radius 1 is 1.00 bits per heavy atom. The van der Waals surface area contributed by atoms with Crippen LogP contribution in [-0.4, -0.2) is 72.7 Å². The molecule has 0 spiro atoms. The van der Waals surface area contributed by atoms with E-state index in [9.17, 15) is 10.1 Å². The molecule has 1 aromatic carbocycles. The quantitative estimate of drug-likeness (QED) is 0.619. The number of anilines is 2. The Kier molecular flexibility index (Phi) is 5.57. The largest absolute Gasteiger partial charge is 0.368 e. The Balaban J connectivity index is 1.15. The third kappa shape index (κ3) is 3.90. The van der Waals surface area contributed by atoms with E-state index in [1.54, 1.807) is 0 Å². The van der Waals surface area contributed by atoms with Gasteiger partial charge in [-0.3, -0.25) is 4.79 Å². The van der Waals surface area contributed by atoms with Gasteiger partial charge in [0, 0.05) is 74.2 Å². The second kappa shape index (κ2) is 8.90. The lowest BCUT2D eigenvalue weighted by molar-refractivity contribution is 0.0652. The van der Waals surface area contributed by atoms with E-state index >= 15 is 0 Å². The van der Waals surface area contributed by atoms with Crippen LogP contribution in [-0.2, 0) is 0 Å². The molecule has 8 heteroatoms. The molecule has 3 fully saturated rings. The van der Waals surface area contributed by atoms with Crippen molar-refractivity contribution in [3.8, 4) is 6.07 Å². The second-order valence-corrected chi connectivity index (χ2v) is 9.88. The fourth-order valence-corrected chi connectivity index (χ4v) is 5.42. The van der Waals surface area contributed by atoms with Gasteiger partial charge in [-0.2, -0.15) is 5.26 Å². The van der Waals surface area contributed by atoms with Crippen LogP contribution in [0.4, 0.5) is 11.5 Å². The number of fused-ring (bicyclic) bond motifs is 1. The zero-order valence-electron chi connectivity index (χ0n) is 20.2.